The lowest BCUT2D eigenvalue weighted by Gasteiger charge is -2.32. The van der Waals surface area contributed by atoms with Crippen molar-refractivity contribution in [1.29, 1.82) is 0 Å². The Hall–Kier alpha value is -4.58. The van der Waals surface area contributed by atoms with Gasteiger partial charge in [-0.05, 0) is 11.6 Å². The largest absolute Gasteiger partial charge is 0.301 e. The molecule has 4 aliphatic rings. The summed E-state index contributed by atoms with van der Waals surface area (Å²) in [7, 11) is 0. The van der Waals surface area contributed by atoms with Crippen LogP contribution in [0, 0.1) is 5.92 Å². The Morgan fingerprint density at radius 2 is 1.35 bits per heavy atom. The molecule has 6 heteroatoms. The number of aromatic amines is 1. The minimum absolute atomic E-state index is 0.0138. The molecule has 0 spiro atoms. The lowest BCUT2D eigenvalue weighted by atomic mass is 9.70. The molecular formula is C28H16N4O2. The summed E-state index contributed by atoms with van der Waals surface area (Å²) in [6, 6.07) is 19.0. The minimum atomic E-state index is -0.168. The van der Waals surface area contributed by atoms with Gasteiger partial charge in [0, 0.05) is 44.3 Å². The van der Waals surface area contributed by atoms with Crippen molar-refractivity contribution in [3.8, 4) is 11.3 Å². The topological polar surface area (TPSA) is 87.2 Å². The minimum Gasteiger partial charge on any atom is -0.301 e. The van der Waals surface area contributed by atoms with E-state index in [1.54, 1.807) is 0 Å². The molecule has 0 saturated carbocycles. The zero-order valence-electron chi connectivity index (χ0n) is 17.8. The molecule has 4 aromatic rings. The number of hydrogen-bond acceptors (Lipinski definition) is 5. The molecule has 0 bridgehead atoms. The second-order valence-corrected chi connectivity index (χ2v) is 9.06. The summed E-state index contributed by atoms with van der Waals surface area (Å²) < 4.78 is 0. The number of benzene rings is 3. The third kappa shape index (κ3) is 2.02. The summed E-state index contributed by atoms with van der Waals surface area (Å²) >= 11 is 0. The lowest BCUT2D eigenvalue weighted by molar-refractivity contribution is 0.102. The van der Waals surface area contributed by atoms with Gasteiger partial charge in [-0.25, -0.2) is 0 Å². The second kappa shape index (κ2) is 6.05. The molecule has 0 fully saturated rings. The van der Waals surface area contributed by atoms with Crippen molar-refractivity contribution in [3.63, 3.8) is 0 Å². The number of ketones is 2. The number of carbonyl (C=O) groups excluding carboxylic acids is 2. The zero-order chi connectivity index (χ0) is 22.6. The molecule has 2 N–H and O–H groups in total. The van der Waals surface area contributed by atoms with Crippen molar-refractivity contribution in [2.75, 3.05) is 0 Å². The van der Waals surface area contributed by atoms with Crippen molar-refractivity contribution < 1.29 is 9.59 Å². The normalized spacial score (nSPS) is 21.2. The SMILES string of the molecule is O=C1C2=CC=C(c3ccc4c5c(n[nH]c35)-c3ccccc3C4=O)C3NN=C(c4ccccc41)C23. The number of H-pyrrole nitrogens is 1. The molecule has 160 valence electrons. The van der Waals surface area contributed by atoms with Crippen molar-refractivity contribution in [3.05, 3.63) is 106 Å². The summed E-state index contributed by atoms with van der Waals surface area (Å²) in [6.45, 7) is 0. The molecule has 1 aromatic heterocycles. The highest BCUT2D eigenvalue weighted by Crippen LogP contribution is 2.45. The maximum absolute atomic E-state index is 13.2. The van der Waals surface area contributed by atoms with Gasteiger partial charge in [-0.15, -0.1) is 0 Å². The zero-order valence-corrected chi connectivity index (χ0v) is 17.8. The number of nitrogens with one attached hydrogen (secondary N) is 2. The van der Waals surface area contributed by atoms with E-state index in [1.807, 2.05) is 72.8 Å². The standard InChI is InChI=1S/C28H16N4O2/c33-27-17-7-3-1-5-13(17)23-21-19(27)11-9-15(25(21)31-29-23)16-10-12-20-22-24(30-32-26(16)22)14-6-2-4-8-18(14)28(20)34/h1-12,21,25,31H,(H,30,32). The maximum Gasteiger partial charge on any atom is 0.194 e. The number of hydrogen-bond donors (Lipinski definition) is 2. The van der Waals surface area contributed by atoms with Crippen LogP contribution in [0.15, 0.2) is 83.5 Å². The van der Waals surface area contributed by atoms with Crippen LogP contribution in [0.1, 0.15) is 37.4 Å². The molecule has 8 rings (SSSR count). The van der Waals surface area contributed by atoms with E-state index >= 15 is 0 Å². The number of rotatable bonds is 1. The van der Waals surface area contributed by atoms with Gasteiger partial charge in [0.05, 0.1) is 23.2 Å². The summed E-state index contributed by atoms with van der Waals surface area (Å²) in [5.74, 6) is -0.0702. The Morgan fingerprint density at radius 3 is 2.18 bits per heavy atom. The van der Waals surface area contributed by atoms with Gasteiger partial charge < -0.3 is 5.43 Å². The highest BCUT2D eigenvalue weighted by atomic mass is 16.1. The number of allylic oxidation sites excluding steroid dienone is 2. The summed E-state index contributed by atoms with van der Waals surface area (Å²) in [4.78, 5) is 26.5. The van der Waals surface area contributed by atoms with Gasteiger partial charge >= 0.3 is 0 Å². The predicted octanol–water partition coefficient (Wildman–Crippen LogP) is 4.29. The molecule has 2 unspecified atom stereocenters. The van der Waals surface area contributed by atoms with Crippen LogP contribution < -0.4 is 5.43 Å². The molecule has 0 saturated heterocycles. The van der Waals surface area contributed by atoms with Gasteiger partial charge in [0.2, 0.25) is 0 Å². The molecular weight excluding hydrogens is 424 g/mol. The van der Waals surface area contributed by atoms with Crippen LogP contribution in [0.25, 0.3) is 27.7 Å². The van der Waals surface area contributed by atoms with Crippen molar-refractivity contribution >= 4 is 33.8 Å². The smallest absolute Gasteiger partial charge is 0.194 e. The molecule has 3 aliphatic carbocycles. The monoisotopic (exact) mass is 440 g/mol. The Balaban J connectivity index is 1.33. The Kier molecular flexibility index (Phi) is 3.19. The fourth-order valence-corrected chi connectivity index (χ4v) is 5.96. The quantitative estimate of drug-likeness (QED) is 0.407. The number of aromatic nitrogens is 2. The molecule has 2 heterocycles. The number of nitrogens with zero attached hydrogens (tertiary/aromatic N) is 2. The molecule has 1 aliphatic heterocycles. The Labute approximate surface area is 193 Å². The number of fused-ring (bicyclic) bond motifs is 4. The van der Waals surface area contributed by atoms with Crippen LogP contribution in [-0.4, -0.2) is 33.5 Å². The maximum atomic E-state index is 13.2. The van der Waals surface area contributed by atoms with Crippen molar-refractivity contribution in [1.82, 2.24) is 15.6 Å². The third-order valence-electron chi connectivity index (χ3n) is 7.48. The van der Waals surface area contributed by atoms with E-state index in [9.17, 15) is 9.59 Å². The van der Waals surface area contributed by atoms with Gasteiger partial charge in [0.25, 0.3) is 0 Å². The van der Waals surface area contributed by atoms with E-state index in [4.69, 9.17) is 0 Å². The number of Topliss-reactive ketones (excluding diaryl/α,β-unsaturated/α-hetero) is 1. The number of carbonyl (C=O) groups is 2. The van der Waals surface area contributed by atoms with Crippen LogP contribution in [0.4, 0.5) is 0 Å². The molecule has 3 aromatic carbocycles. The summed E-state index contributed by atoms with van der Waals surface area (Å²) in [5, 5.41) is 13.3. The van der Waals surface area contributed by atoms with Gasteiger partial charge in [-0.2, -0.15) is 10.2 Å². The molecule has 0 radical (unpaired) electrons. The van der Waals surface area contributed by atoms with Gasteiger partial charge in [0.15, 0.2) is 11.6 Å². The molecule has 34 heavy (non-hydrogen) atoms. The van der Waals surface area contributed by atoms with E-state index in [1.165, 1.54) is 0 Å². The summed E-state index contributed by atoms with van der Waals surface area (Å²) in [6.07, 6.45) is 3.94. The van der Waals surface area contributed by atoms with Crippen LogP contribution in [0.3, 0.4) is 0 Å². The van der Waals surface area contributed by atoms with Crippen LogP contribution in [0.5, 0.6) is 0 Å². The van der Waals surface area contributed by atoms with E-state index in [0.29, 0.717) is 16.7 Å². The fourth-order valence-electron chi connectivity index (χ4n) is 5.96. The van der Waals surface area contributed by atoms with E-state index < -0.39 is 0 Å². The van der Waals surface area contributed by atoms with Gasteiger partial charge in [-0.3, -0.25) is 14.7 Å². The van der Waals surface area contributed by atoms with Crippen molar-refractivity contribution in [2.24, 2.45) is 11.0 Å². The highest BCUT2D eigenvalue weighted by molar-refractivity contribution is 6.28. The molecule has 2 atom stereocenters. The van der Waals surface area contributed by atoms with E-state index in [0.717, 1.165) is 50.1 Å². The fraction of sp³-hybridized carbons (Fsp3) is 0.0714. The first-order valence-corrected chi connectivity index (χ1v) is 11.3. The van der Waals surface area contributed by atoms with E-state index in [2.05, 4.69) is 20.7 Å². The summed E-state index contributed by atoms with van der Waals surface area (Å²) in [5.41, 5.74) is 12.4. The number of hydrazone groups is 1. The van der Waals surface area contributed by atoms with E-state index in [-0.39, 0.29) is 23.5 Å². The average molecular weight is 440 g/mol. The predicted molar refractivity (Wildman–Crippen MR) is 129 cm³/mol. The third-order valence-corrected chi connectivity index (χ3v) is 7.48. The van der Waals surface area contributed by atoms with Crippen LogP contribution >= 0.6 is 0 Å². The van der Waals surface area contributed by atoms with Crippen LogP contribution in [0.2, 0.25) is 0 Å². The Bertz CT molecular complexity index is 1740. The lowest BCUT2D eigenvalue weighted by Crippen LogP contribution is -2.39. The first-order chi connectivity index (χ1) is 16.7. The van der Waals surface area contributed by atoms with Gasteiger partial charge in [0.1, 0.15) is 5.69 Å². The molecule has 0 amide bonds. The molecule has 6 nitrogen and oxygen atoms in total. The highest BCUT2D eigenvalue weighted by Gasteiger charge is 2.46. The first-order valence-electron chi connectivity index (χ1n) is 11.3. The average Bonchev–Trinajstić information content (AvgIpc) is 3.52. The van der Waals surface area contributed by atoms with Crippen LogP contribution in [-0.2, 0) is 0 Å². The second-order valence-electron chi connectivity index (χ2n) is 9.06. The van der Waals surface area contributed by atoms with Gasteiger partial charge in [-0.1, -0.05) is 66.7 Å². The first kappa shape index (κ1) is 17.9. The van der Waals surface area contributed by atoms with Crippen molar-refractivity contribution in [2.45, 2.75) is 6.04 Å². The Morgan fingerprint density at radius 1 is 0.676 bits per heavy atom.